The maximum absolute atomic E-state index is 4.89. The van der Waals surface area contributed by atoms with Gasteiger partial charge in [0.25, 0.3) is 0 Å². The molecule has 148 valence electrons. The second-order valence-corrected chi connectivity index (χ2v) is 8.74. The van der Waals surface area contributed by atoms with Gasteiger partial charge in [-0.05, 0) is 36.5 Å². The molecule has 3 heterocycles. The largest absolute Gasteiger partial charge is 0.368 e. The van der Waals surface area contributed by atoms with Gasteiger partial charge in [-0.25, -0.2) is 9.97 Å². The number of anilines is 1. The van der Waals surface area contributed by atoms with Gasteiger partial charge in [-0.2, -0.15) is 11.3 Å². The zero-order valence-corrected chi connectivity index (χ0v) is 17.7. The fourth-order valence-electron chi connectivity index (χ4n) is 3.87. The van der Waals surface area contributed by atoms with Crippen molar-refractivity contribution in [2.75, 3.05) is 45.1 Å². The average molecular weight is 396 g/mol. The lowest BCUT2D eigenvalue weighted by atomic mass is 10.0. The van der Waals surface area contributed by atoms with Gasteiger partial charge in [0.2, 0.25) is 0 Å². The summed E-state index contributed by atoms with van der Waals surface area (Å²) in [5, 5.41) is 8.94. The highest BCUT2D eigenvalue weighted by Crippen LogP contribution is 2.26. The first-order valence-corrected chi connectivity index (χ1v) is 11.0. The number of fused-ring (bicyclic) bond motifs is 1. The minimum atomic E-state index is 0.493. The van der Waals surface area contributed by atoms with Gasteiger partial charge in [0.1, 0.15) is 5.82 Å². The number of para-hydroxylation sites is 1. The van der Waals surface area contributed by atoms with E-state index in [0.29, 0.717) is 12.0 Å². The van der Waals surface area contributed by atoms with Crippen molar-refractivity contribution in [2.45, 2.75) is 19.9 Å². The average Bonchev–Trinajstić information content (AvgIpc) is 3.24. The quantitative estimate of drug-likeness (QED) is 0.682. The molecule has 0 spiro atoms. The predicted octanol–water partition coefficient (Wildman–Crippen LogP) is 4.04. The van der Waals surface area contributed by atoms with Crippen molar-refractivity contribution in [3.8, 4) is 11.4 Å². The number of hydrogen-bond donors (Lipinski definition) is 1. The van der Waals surface area contributed by atoms with Crippen LogP contribution in [0.5, 0.6) is 0 Å². The molecule has 1 atom stereocenters. The van der Waals surface area contributed by atoms with E-state index in [4.69, 9.17) is 9.97 Å². The Kier molecular flexibility index (Phi) is 5.90. The van der Waals surface area contributed by atoms with Crippen LogP contribution in [0.2, 0.25) is 0 Å². The highest BCUT2D eigenvalue weighted by Gasteiger charge is 2.25. The van der Waals surface area contributed by atoms with Crippen molar-refractivity contribution >= 4 is 28.1 Å². The molecule has 1 aliphatic heterocycles. The Morgan fingerprint density at radius 3 is 2.57 bits per heavy atom. The molecule has 2 aromatic heterocycles. The van der Waals surface area contributed by atoms with Crippen LogP contribution in [0.1, 0.15) is 13.8 Å². The summed E-state index contributed by atoms with van der Waals surface area (Å²) in [6, 6.07) is 10.8. The normalized spacial score (nSPS) is 17.3. The number of nitrogens with zero attached hydrogens (tertiary/aromatic N) is 4. The molecule has 0 bridgehead atoms. The van der Waals surface area contributed by atoms with Gasteiger partial charge in [-0.15, -0.1) is 0 Å². The lowest BCUT2D eigenvalue weighted by Gasteiger charge is -2.40. The zero-order chi connectivity index (χ0) is 19.5. The first kappa shape index (κ1) is 19.3. The SMILES string of the molecule is CC(C)[C@H](CNc1nc(-c2ccsc2)nc2ccccc12)N1CCN(C)CC1. The molecule has 4 rings (SSSR count). The van der Waals surface area contributed by atoms with Crippen molar-refractivity contribution in [1.82, 2.24) is 19.8 Å². The van der Waals surface area contributed by atoms with Gasteiger partial charge in [0.05, 0.1) is 5.52 Å². The minimum Gasteiger partial charge on any atom is -0.368 e. The number of hydrogen-bond acceptors (Lipinski definition) is 6. The highest BCUT2D eigenvalue weighted by atomic mass is 32.1. The van der Waals surface area contributed by atoms with Crippen molar-refractivity contribution < 1.29 is 0 Å². The maximum atomic E-state index is 4.89. The van der Waals surface area contributed by atoms with Gasteiger partial charge < -0.3 is 10.2 Å². The molecule has 6 heteroatoms. The molecule has 28 heavy (non-hydrogen) atoms. The Bertz CT molecular complexity index is 900. The van der Waals surface area contributed by atoms with E-state index in [1.54, 1.807) is 11.3 Å². The van der Waals surface area contributed by atoms with Crippen LogP contribution in [-0.4, -0.2) is 65.6 Å². The van der Waals surface area contributed by atoms with Crippen LogP contribution >= 0.6 is 11.3 Å². The van der Waals surface area contributed by atoms with Crippen LogP contribution in [-0.2, 0) is 0 Å². The fourth-order valence-corrected chi connectivity index (χ4v) is 4.51. The number of thiophene rings is 1. The molecule has 1 N–H and O–H groups in total. The molecule has 0 unspecified atom stereocenters. The molecule has 1 aromatic carbocycles. The summed E-state index contributed by atoms with van der Waals surface area (Å²) in [5.74, 6) is 2.31. The second kappa shape index (κ2) is 8.55. The van der Waals surface area contributed by atoms with E-state index in [0.717, 1.165) is 60.8 Å². The lowest BCUT2D eigenvalue weighted by molar-refractivity contribution is 0.0944. The summed E-state index contributed by atoms with van der Waals surface area (Å²) in [7, 11) is 2.21. The number of likely N-dealkylation sites (N-methyl/N-ethyl adjacent to an activating group) is 1. The van der Waals surface area contributed by atoms with Crippen molar-refractivity contribution in [1.29, 1.82) is 0 Å². The fraction of sp³-hybridized carbons (Fsp3) is 0.455. The number of piperazine rings is 1. The summed E-state index contributed by atoms with van der Waals surface area (Å²) < 4.78 is 0. The predicted molar refractivity (Wildman–Crippen MR) is 119 cm³/mol. The monoisotopic (exact) mass is 395 g/mol. The van der Waals surface area contributed by atoms with Gasteiger partial charge in [-0.1, -0.05) is 26.0 Å². The van der Waals surface area contributed by atoms with Gasteiger partial charge in [0.15, 0.2) is 5.82 Å². The first-order valence-electron chi connectivity index (χ1n) is 10.1. The van der Waals surface area contributed by atoms with Crippen molar-refractivity contribution in [3.63, 3.8) is 0 Å². The summed E-state index contributed by atoms with van der Waals surface area (Å²) in [6.07, 6.45) is 0. The molecule has 3 aromatic rings. The molecular weight excluding hydrogens is 366 g/mol. The molecule has 5 nitrogen and oxygen atoms in total. The molecule has 1 saturated heterocycles. The maximum Gasteiger partial charge on any atom is 0.162 e. The van der Waals surface area contributed by atoms with Crippen LogP contribution in [0.25, 0.3) is 22.3 Å². The lowest BCUT2D eigenvalue weighted by Crippen LogP contribution is -2.52. The number of aromatic nitrogens is 2. The molecule has 0 saturated carbocycles. The Hall–Kier alpha value is -2.02. The zero-order valence-electron chi connectivity index (χ0n) is 16.9. The Balaban J connectivity index is 1.59. The van der Waals surface area contributed by atoms with Crippen LogP contribution in [0.3, 0.4) is 0 Å². The second-order valence-electron chi connectivity index (χ2n) is 7.96. The van der Waals surface area contributed by atoms with E-state index in [2.05, 4.69) is 71.0 Å². The summed E-state index contributed by atoms with van der Waals surface area (Å²) in [5.41, 5.74) is 2.07. The van der Waals surface area contributed by atoms with E-state index >= 15 is 0 Å². The third-order valence-corrected chi connectivity index (χ3v) is 6.32. The first-order chi connectivity index (χ1) is 13.6. The highest BCUT2D eigenvalue weighted by molar-refractivity contribution is 7.08. The van der Waals surface area contributed by atoms with Crippen LogP contribution in [0, 0.1) is 5.92 Å². The smallest absolute Gasteiger partial charge is 0.162 e. The van der Waals surface area contributed by atoms with Crippen molar-refractivity contribution in [2.24, 2.45) is 5.92 Å². The molecule has 1 fully saturated rings. The molecule has 0 radical (unpaired) electrons. The third-order valence-electron chi connectivity index (χ3n) is 5.64. The third kappa shape index (κ3) is 4.19. The van der Waals surface area contributed by atoms with E-state index in [9.17, 15) is 0 Å². The molecular formula is C22H29N5S. The molecule has 1 aliphatic rings. The van der Waals surface area contributed by atoms with E-state index in [1.807, 2.05) is 6.07 Å². The van der Waals surface area contributed by atoms with Crippen LogP contribution < -0.4 is 5.32 Å². The van der Waals surface area contributed by atoms with Crippen molar-refractivity contribution in [3.05, 3.63) is 41.1 Å². The minimum absolute atomic E-state index is 0.493. The summed E-state index contributed by atoms with van der Waals surface area (Å²) >= 11 is 1.68. The van der Waals surface area contributed by atoms with Crippen LogP contribution in [0.4, 0.5) is 5.82 Å². The summed E-state index contributed by atoms with van der Waals surface area (Å²) in [4.78, 5) is 14.7. The topological polar surface area (TPSA) is 44.3 Å². The summed E-state index contributed by atoms with van der Waals surface area (Å²) in [6.45, 7) is 10.1. The number of benzene rings is 1. The molecule has 0 amide bonds. The van der Waals surface area contributed by atoms with E-state index in [1.165, 1.54) is 0 Å². The Morgan fingerprint density at radius 2 is 1.86 bits per heavy atom. The van der Waals surface area contributed by atoms with Gasteiger partial charge in [0, 0.05) is 55.1 Å². The van der Waals surface area contributed by atoms with Gasteiger partial charge >= 0.3 is 0 Å². The number of rotatable bonds is 6. The Labute approximate surface area is 171 Å². The van der Waals surface area contributed by atoms with Gasteiger partial charge in [-0.3, -0.25) is 4.90 Å². The Morgan fingerprint density at radius 1 is 1.07 bits per heavy atom. The van der Waals surface area contributed by atoms with E-state index < -0.39 is 0 Å². The standard InChI is InChI=1S/C22H29N5S/c1-16(2)20(27-11-9-26(3)10-12-27)14-23-22-18-6-4-5-7-19(18)24-21(25-22)17-8-13-28-15-17/h4-8,13,15-16,20H,9-12,14H2,1-3H3,(H,23,24,25)/t20-/m0/s1. The molecule has 0 aliphatic carbocycles. The van der Waals surface area contributed by atoms with E-state index in [-0.39, 0.29) is 0 Å². The van der Waals surface area contributed by atoms with Crippen LogP contribution in [0.15, 0.2) is 41.1 Å². The number of nitrogens with one attached hydrogen (secondary N) is 1.